The first-order valence-electron chi connectivity index (χ1n) is 9.49. The predicted molar refractivity (Wildman–Crippen MR) is 132 cm³/mol. The van der Waals surface area contributed by atoms with E-state index in [0.717, 1.165) is 33.3 Å². The Labute approximate surface area is 193 Å². The minimum atomic E-state index is -0.213. The molecular formula is C24H20N2O2S3. The van der Waals surface area contributed by atoms with Crippen molar-refractivity contribution >= 4 is 51.2 Å². The zero-order valence-electron chi connectivity index (χ0n) is 16.9. The van der Waals surface area contributed by atoms with Gasteiger partial charge < -0.3 is 4.74 Å². The van der Waals surface area contributed by atoms with Gasteiger partial charge in [-0.3, -0.25) is 9.69 Å². The molecule has 2 aromatic carbocycles. The fraction of sp³-hybridized carbons (Fsp3) is 0.0833. The maximum absolute atomic E-state index is 12.7. The Balaban J connectivity index is 1.55. The molecule has 0 aliphatic rings. The number of hydrogen-bond donors (Lipinski definition) is 0. The number of aromatic nitrogens is 1. The Morgan fingerprint density at radius 3 is 2.55 bits per heavy atom. The topological polar surface area (TPSA) is 42.4 Å². The standard InChI is InChI=1S/C24H20N2O2S3/c1-3-23(27)26(18-8-12-20(13-9-18)30-15-21-5-4-14-29-21)24-25-22(16-31-24)17-6-10-19(28-2)11-7-17/h3-14,16H,1,15H2,2H3. The number of carbonyl (C=O) groups excluding carboxylic acids is 1. The van der Waals surface area contributed by atoms with Crippen molar-refractivity contribution in [2.75, 3.05) is 12.0 Å². The number of benzene rings is 2. The molecule has 0 radical (unpaired) electrons. The smallest absolute Gasteiger partial charge is 0.256 e. The molecule has 0 saturated heterocycles. The number of ether oxygens (including phenoxy) is 1. The number of amides is 1. The van der Waals surface area contributed by atoms with Gasteiger partial charge in [0.05, 0.1) is 18.5 Å². The fourth-order valence-electron chi connectivity index (χ4n) is 2.93. The Morgan fingerprint density at radius 2 is 1.90 bits per heavy atom. The molecule has 4 rings (SSSR count). The predicted octanol–water partition coefficient (Wildman–Crippen LogP) is 7.02. The molecule has 1 amide bonds. The summed E-state index contributed by atoms with van der Waals surface area (Å²) in [5.41, 5.74) is 2.54. The molecule has 0 atom stereocenters. The zero-order chi connectivity index (χ0) is 21.6. The number of anilines is 2. The highest BCUT2D eigenvalue weighted by Crippen LogP contribution is 2.34. The molecule has 0 aliphatic carbocycles. The van der Waals surface area contributed by atoms with Gasteiger partial charge in [-0.15, -0.1) is 34.4 Å². The van der Waals surface area contributed by atoms with Crippen molar-refractivity contribution in [3.8, 4) is 17.0 Å². The van der Waals surface area contributed by atoms with E-state index in [-0.39, 0.29) is 5.91 Å². The molecule has 156 valence electrons. The van der Waals surface area contributed by atoms with Gasteiger partial charge in [-0.1, -0.05) is 12.6 Å². The van der Waals surface area contributed by atoms with Gasteiger partial charge in [0.2, 0.25) is 0 Å². The second kappa shape index (κ2) is 9.96. The first kappa shape index (κ1) is 21.4. The van der Waals surface area contributed by atoms with Gasteiger partial charge in [0, 0.05) is 26.5 Å². The van der Waals surface area contributed by atoms with E-state index < -0.39 is 0 Å². The monoisotopic (exact) mass is 464 g/mol. The van der Waals surface area contributed by atoms with Crippen LogP contribution in [0.5, 0.6) is 5.75 Å². The number of hydrogen-bond acceptors (Lipinski definition) is 6. The molecule has 7 heteroatoms. The van der Waals surface area contributed by atoms with Gasteiger partial charge in [0.1, 0.15) is 5.75 Å². The van der Waals surface area contributed by atoms with Crippen molar-refractivity contribution in [1.82, 2.24) is 4.98 Å². The lowest BCUT2D eigenvalue weighted by Crippen LogP contribution is -2.23. The lowest BCUT2D eigenvalue weighted by molar-refractivity contribution is -0.113. The Hall–Kier alpha value is -2.87. The molecule has 0 bridgehead atoms. The van der Waals surface area contributed by atoms with Crippen LogP contribution in [0.25, 0.3) is 11.3 Å². The number of thioether (sulfide) groups is 1. The molecule has 0 N–H and O–H groups in total. The van der Waals surface area contributed by atoms with E-state index in [0.29, 0.717) is 5.13 Å². The van der Waals surface area contributed by atoms with Crippen LogP contribution >= 0.6 is 34.4 Å². The SMILES string of the molecule is C=CC(=O)N(c1ccc(SCc2cccs2)cc1)c1nc(-c2ccc(OC)cc2)cs1. The van der Waals surface area contributed by atoms with Gasteiger partial charge in [0.25, 0.3) is 5.91 Å². The molecule has 4 aromatic rings. The number of nitrogens with zero attached hydrogens (tertiary/aromatic N) is 2. The van der Waals surface area contributed by atoms with Crippen LogP contribution in [0, 0.1) is 0 Å². The van der Waals surface area contributed by atoms with Gasteiger partial charge >= 0.3 is 0 Å². The third-order valence-corrected chi connectivity index (χ3v) is 7.47. The van der Waals surface area contributed by atoms with E-state index in [4.69, 9.17) is 9.72 Å². The summed E-state index contributed by atoms with van der Waals surface area (Å²) in [6, 6.07) is 19.9. The summed E-state index contributed by atoms with van der Waals surface area (Å²) in [7, 11) is 1.64. The van der Waals surface area contributed by atoms with E-state index in [1.165, 1.54) is 22.3 Å². The summed E-state index contributed by atoms with van der Waals surface area (Å²) in [5, 5.41) is 4.65. The summed E-state index contributed by atoms with van der Waals surface area (Å²) < 4.78 is 5.22. The Morgan fingerprint density at radius 1 is 1.13 bits per heavy atom. The largest absolute Gasteiger partial charge is 0.497 e. The van der Waals surface area contributed by atoms with Crippen LogP contribution in [0.1, 0.15) is 4.88 Å². The first-order chi connectivity index (χ1) is 15.2. The highest BCUT2D eigenvalue weighted by atomic mass is 32.2. The average Bonchev–Trinajstić information content (AvgIpc) is 3.51. The number of methoxy groups -OCH3 is 1. The first-order valence-corrected chi connectivity index (χ1v) is 12.2. The van der Waals surface area contributed by atoms with Crippen LogP contribution in [0.4, 0.5) is 10.8 Å². The van der Waals surface area contributed by atoms with Crippen molar-refractivity contribution in [3.05, 3.63) is 89.0 Å². The molecule has 0 fully saturated rings. The van der Waals surface area contributed by atoms with Crippen molar-refractivity contribution < 1.29 is 9.53 Å². The maximum Gasteiger partial charge on any atom is 0.256 e. The molecular weight excluding hydrogens is 444 g/mol. The summed E-state index contributed by atoms with van der Waals surface area (Å²) in [4.78, 5) is 21.5. The van der Waals surface area contributed by atoms with Gasteiger partial charge in [-0.05, 0) is 66.1 Å². The molecule has 31 heavy (non-hydrogen) atoms. The van der Waals surface area contributed by atoms with Crippen LogP contribution < -0.4 is 9.64 Å². The van der Waals surface area contributed by atoms with Crippen molar-refractivity contribution in [3.63, 3.8) is 0 Å². The summed E-state index contributed by atoms with van der Waals surface area (Å²) in [6.07, 6.45) is 1.31. The van der Waals surface area contributed by atoms with Crippen LogP contribution in [-0.4, -0.2) is 18.0 Å². The van der Waals surface area contributed by atoms with Crippen LogP contribution in [-0.2, 0) is 10.5 Å². The van der Waals surface area contributed by atoms with E-state index in [9.17, 15) is 4.79 Å². The molecule has 4 nitrogen and oxygen atoms in total. The van der Waals surface area contributed by atoms with Crippen LogP contribution in [0.3, 0.4) is 0 Å². The Bertz CT molecular complexity index is 1150. The van der Waals surface area contributed by atoms with E-state index in [1.54, 1.807) is 35.1 Å². The van der Waals surface area contributed by atoms with Crippen LogP contribution in [0.15, 0.2) is 89.0 Å². The molecule has 0 saturated carbocycles. The summed E-state index contributed by atoms with van der Waals surface area (Å²) in [5.74, 6) is 1.51. The van der Waals surface area contributed by atoms with Crippen molar-refractivity contribution in [1.29, 1.82) is 0 Å². The normalized spacial score (nSPS) is 10.6. The minimum absolute atomic E-state index is 0.213. The second-order valence-corrected chi connectivity index (χ2v) is 9.40. The van der Waals surface area contributed by atoms with E-state index in [2.05, 4.69) is 24.1 Å². The van der Waals surface area contributed by atoms with E-state index in [1.807, 2.05) is 53.9 Å². The quantitative estimate of drug-likeness (QED) is 0.207. The summed E-state index contributed by atoms with van der Waals surface area (Å²) >= 11 is 4.96. The van der Waals surface area contributed by atoms with Crippen LogP contribution in [0.2, 0.25) is 0 Å². The van der Waals surface area contributed by atoms with Gasteiger partial charge in [0.15, 0.2) is 5.13 Å². The number of rotatable bonds is 8. The number of thiophene rings is 1. The van der Waals surface area contributed by atoms with Gasteiger partial charge in [-0.2, -0.15) is 0 Å². The number of carbonyl (C=O) groups is 1. The zero-order valence-corrected chi connectivity index (χ0v) is 19.3. The average molecular weight is 465 g/mol. The lowest BCUT2D eigenvalue weighted by Gasteiger charge is -2.18. The third kappa shape index (κ3) is 5.07. The lowest BCUT2D eigenvalue weighted by atomic mass is 10.2. The molecule has 2 aromatic heterocycles. The minimum Gasteiger partial charge on any atom is -0.497 e. The maximum atomic E-state index is 12.7. The second-order valence-electron chi connectivity index (χ2n) is 6.48. The highest BCUT2D eigenvalue weighted by molar-refractivity contribution is 7.98. The fourth-order valence-corrected chi connectivity index (χ4v) is 5.45. The molecule has 0 unspecified atom stereocenters. The third-order valence-electron chi connectivity index (χ3n) is 4.52. The van der Waals surface area contributed by atoms with Crippen molar-refractivity contribution in [2.24, 2.45) is 0 Å². The molecule has 0 aliphatic heterocycles. The van der Waals surface area contributed by atoms with Gasteiger partial charge in [-0.25, -0.2) is 4.98 Å². The summed E-state index contributed by atoms with van der Waals surface area (Å²) in [6.45, 7) is 3.66. The van der Waals surface area contributed by atoms with Crippen molar-refractivity contribution in [2.45, 2.75) is 10.6 Å². The number of thiazole rings is 1. The molecule has 2 heterocycles. The highest BCUT2D eigenvalue weighted by Gasteiger charge is 2.19. The molecule has 0 spiro atoms. The van der Waals surface area contributed by atoms with E-state index >= 15 is 0 Å². The Kier molecular flexibility index (Phi) is 6.86.